The van der Waals surface area contributed by atoms with Crippen molar-refractivity contribution in [3.8, 4) is 0 Å². The van der Waals surface area contributed by atoms with Crippen molar-refractivity contribution in [1.29, 1.82) is 0 Å². The first-order valence-corrected chi connectivity index (χ1v) is 22.6. The maximum atomic E-state index is 12.7. The van der Waals surface area contributed by atoms with Gasteiger partial charge in [0.2, 0.25) is 0 Å². The van der Waals surface area contributed by atoms with Gasteiger partial charge >= 0.3 is 11.9 Å². The normalized spacial score (nSPS) is 12.9. The van der Waals surface area contributed by atoms with Crippen molar-refractivity contribution in [2.45, 2.75) is 252 Å². The molecule has 0 heterocycles. The number of aliphatic hydroxyl groups is 1. The molecular weight excluding hydrogens is 634 g/mol. The molecule has 0 aromatic rings. The van der Waals surface area contributed by atoms with Gasteiger partial charge < -0.3 is 19.5 Å². The molecule has 0 saturated heterocycles. The van der Waals surface area contributed by atoms with Gasteiger partial charge in [0.05, 0.1) is 6.61 Å². The summed E-state index contributed by atoms with van der Waals surface area (Å²) in [6, 6.07) is 0. The SMILES string of the molecule is CCCCCCCCC(CCCCCCCC)OC(=O)CCCCCCCN(CCO)CCCCCC(=O)OC(C)(CC)CCCCCCCC. The molecule has 0 rings (SSSR count). The number of rotatable bonds is 40. The number of ether oxygens (including phenoxy) is 2. The number of carbonyl (C=O) groups is 2. The number of nitrogens with zero attached hydrogens (tertiary/aromatic N) is 1. The molecule has 1 unspecified atom stereocenters. The van der Waals surface area contributed by atoms with Crippen LogP contribution in [0.15, 0.2) is 0 Å². The Morgan fingerprint density at radius 2 is 0.941 bits per heavy atom. The summed E-state index contributed by atoms with van der Waals surface area (Å²) in [5.74, 6) is -0.0427. The zero-order valence-electron chi connectivity index (χ0n) is 35.1. The molecule has 0 aliphatic heterocycles. The van der Waals surface area contributed by atoms with Gasteiger partial charge in [-0.3, -0.25) is 9.59 Å². The smallest absolute Gasteiger partial charge is 0.306 e. The standard InChI is InChI=1S/C45H89NO5/c1-6-10-13-16-20-26-33-42(34-27-21-17-14-11-7-2)50-43(48)35-28-22-19-24-31-38-46(40-41-47)39-32-25-29-36-44(49)51-45(5,9-4)37-30-23-18-15-12-8-3/h42,47H,6-41H2,1-5H3. The Morgan fingerprint density at radius 3 is 1.43 bits per heavy atom. The minimum Gasteiger partial charge on any atom is -0.462 e. The molecule has 0 spiro atoms. The molecule has 0 amide bonds. The lowest BCUT2D eigenvalue weighted by molar-refractivity contribution is -0.159. The summed E-state index contributed by atoms with van der Waals surface area (Å²) in [4.78, 5) is 27.7. The van der Waals surface area contributed by atoms with E-state index in [0.717, 1.165) is 96.6 Å². The highest BCUT2D eigenvalue weighted by atomic mass is 16.6. The molecule has 0 bridgehead atoms. The predicted molar refractivity (Wildman–Crippen MR) is 218 cm³/mol. The number of carbonyl (C=O) groups excluding carboxylic acids is 2. The summed E-state index contributed by atoms with van der Waals surface area (Å²) in [6.07, 6.45) is 36.2. The van der Waals surface area contributed by atoms with Crippen molar-refractivity contribution in [3.63, 3.8) is 0 Å². The summed E-state index contributed by atoms with van der Waals surface area (Å²) in [7, 11) is 0. The summed E-state index contributed by atoms with van der Waals surface area (Å²) >= 11 is 0. The molecular formula is C45H89NO5. The molecule has 0 radical (unpaired) electrons. The highest BCUT2D eigenvalue weighted by Gasteiger charge is 2.26. The molecule has 0 aliphatic carbocycles. The Bertz CT molecular complexity index is 745. The van der Waals surface area contributed by atoms with Crippen LogP contribution in [0.5, 0.6) is 0 Å². The molecule has 1 N–H and O–H groups in total. The number of esters is 2. The highest BCUT2D eigenvalue weighted by Crippen LogP contribution is 2.25. The fourth-order valence-corrected chi connectivity index (χ4v) is 7.11. The Labute approximate surface area is 318 Å². The second-order valence-corrected chi connectivity index (χ2v) is 15.9. The number of aliphatic hydroxyl groups excluding tert-OH is 1. The Hall–Kier alpha value is -1.14. The second-order valence-electron chi connectivity index (χ2n) is 15.9. The van der Waals surface area contributed by atoms with Crippen LogP contribution in [0, 0.1) is 0 Å². The third-order valence-corrected chi connectivity index (χ3v) is 10.9. The molecule has 1 atom stereocenters. The molecule has 0 fully saturated rings. The monoisotopic (exact) mass is 724 g/mol. The molecule has 0 aromatic carbocycles. The third-order valence-electron chi connectivity index (χ3n) is 10.9. The third kappa shape index (κ3) is 33.2. The van der Waals surface area contributed by atoms with E-state index in [1.54, 1.807) is 0 Å². The predicted octanol–water partition coefficient (Wildman–Crippen LogP) is 13.1. The first kappa shape index (κ1) is 49.9. The van der Waals surface area contributed by atoms with Crippen molar-refractivity contribution in [1.82, 2.24) is 4.90 Å². The van der Waals surface area contributed by atoms with E-state index >= 15 is 0 Å². The van der Waals surface area contributed by atoms with Gasteiger partial charge in [0, 0.05) is 19.4 Å². The topological polar surface area (TPSA) is 76.1 Å². The van der Waals surface area contributed by atoms with Gasteiger partial charge in [0.25, 0.3) is 0 Å². The van der Waals surface area contributed by atoms with E-state index in [-0.39, 0.29) is 30.3 Å². The molecule has 6 nitrogen and oxygen atoms in total. The van der Waals surface area contributed by atoms with Crippen molar-refractivity contribution < 1.29 is 24.2 Å². The largest absolute Gasteiger partial charge is 0.462 e. The van der Waals surface area contributed by atoms with Crippen molar-refractivity contribution in [3.05, 3.63) is 0 Å². The van der Waals surface area contributed by atoms with Gasteiger partial charge in [-0.2, -0.15) is 0 Å². The van der Waals surface area contributed by atoms with E-state index < -0.39 is 0 Å². The van der Waals surface area contributed by atoms with Gasteiger partial charge in [-0.15, -0.1) is 0 Å². The molecule has 0 aliphatic rings. The van der Waals surface area contributed by atoms with Crippen molar-refractivity contribution >= 4 is 11.9 Å². The fraction of sp³-hybridized carbons (Fsp3) is 0.956. The maximum Gasteiger partial charge on any atom is 0.306 e. The Balaban J connectivity index is 4.17. The first-order chi connectivity index (χ1) is 24.8. The Morgan fingerprint density at radius 1 is 0.529 bits per heavy atom. The van der Waals surface area contributed by atoms with E-state index in [1.807, 2.05) is 0 Å². The van der Waals surface area contributed by atoms with E-state index in [0.29, 0.717) is 19.4 Å². The average molecular weight is 724 g/mol. The van der Waals surface area contributed by atoms with Crippen LogP contribution in [0.3, 0.4) is 0 Å². The first-order valence-electron chi connectivity index (χ1n) is 22.6. The zero-order valence-corrected chi connectivity index (χ0v) is 35.1. The van der Waals surface area contributed by atoms with Crippen molar-refractivity contribution in [2.75, 3.05) is 26.2 Å². The lowest BCUT2D eigenvalue weighted by atomic mass is 9.94. The molecule has 51 heavy (non-hydrogen) atoms. The zero-order chi connectivity index (χ0) is 37.7. The lowest BCUT2D eigenvalue weighted by Gasteiger charge is -2.28. The van der Waals surface area contributed by atoms with Crippen LogP contribution in [-0.2, 0) is 19.1 Å². The van der Waals surface area contributed by atoms with Gasteiger partial charge in [-0.25, -0.2) is 0 Å². The van der Waals surface area contributed by atoms with Crippen LogP contribution in [0.1, 0.15) is 240 Å². The van der Waals surface area contributed by atoms with Gasteiger partial charge in [-0.1, -0.05) is 150 Å². The van der Waals surface area contributed by atoms with E-state index in [4.69, 9.17) is 9.47 Å². The number of hydrogen-bond donors (Lipinski definition) is 1. The molecule has 6 heteroatoms. The highest BCUT2D eigenvalue weighted by molar-refractivity contribution is 5.70. The van der Waals surface area contributed by atoms with Gasteiger partial charge in [-0.05, 0) is 90.6 Å². The summed E-state index contributed by atoms with van der Waals surface area (Å²) in [5.41, 5.74) is -0.327. The van der Waals surface area contributed by atoms with Gasteiger partial charge in [0.1, 0.15) is 11.7 Å². The van der Waals surface area contributed by atoms with Crippen LogP contribution >= 0.6 is 0 Å². The molecule has 304 valence electrons. The quantitative estimate of drug-likeness (QED) is 0.0501. The summed E-state index contributed by atoms with van der Waals surface area (Å²) < 4.78 is 12.0. The van der Waals surface area contributed by atoms with Crippen LogP contribution in [0.25, 0.3) is 0 Å². The molecule has 0 saturated carbocycles. The van der Waals surface area contributed by atoms with Crippen LogP contribution in [-0.4, -0.2) is 59.9 Å². The lowest BCUT2D eigenvalue weighted by Crippen LogP contribution is -2.31. The number of unbranched alkanes of at least 4 members (excludes halogenated alkanes) is 21. The number of hydrogen-bond acceptors (Lipinski definition) is 6. The minimum atomic E-state index is -0.327. The van der Waals surface area contributed by atoms with E-state index in [1.165, 1.54) is 109 Å². The summed E-state index contributed by atoms with van der Waals surface area (Å²) in [6.45, 7) is 13.8. The average Bonchev–Trinajstić information content (AvgIpc) is 3.11. The summed E-state index contributed by atoms with van der Waals surface area (Å²) in [5, 5.41) is 9.58. The van der Waals surface area contributed by atoms with Crippen LogP contribution in [0.4, 0.5) is 0 Å². The molecule has 0 aromatic heterocycles. The van der Waals surface area contributed by atoms with Crippen LogP contribution in [0.2, 0.25) is 0 Å². The fourth-order valence-electron chi connectivity index (χ4n) is 7.11. The van der Waals surface area contributed by atoms with Crippen molar-refractivity contribution in [2.24, 2.45) is 0 Å². The second kappa shape index (κ2) is 37.2. The van der Waals surface area contributed by atoms with Crippen LogP contribution < -0.4 is 0 Å². The van der Waals surface area contributed by atoms with Gasteiger partial charge in [0.15, 0.2) is 0 Å². The minimum absolute atomic E-state index is 0.00639. The van der Waals surface area contributed by atoms with E-state index in [9.17, 15) is 14.7 Å². The Kier molecular flexibility index (Phi) is 36.4. The maximum absolute atomic E-state index is 12.7. The van der Waals surface area contributed by atoms with E-state index in [2.05, 4.69) is 39.5 Å².